The number of halogens is 3. The Balaban J connectivity index is 2.09. The molecule has 1 aromatic rings. The Morgan fingerprint density at radius 2 is 1.65 bits per heavy atom. The van der Waals surface area contributed by atoms with Crippen LogP contribution < -0.4 is 5.32 Å². The van der Waals surface area contributed by atoms with Gasteiger partial charge in [0.2, 0.25) is 11.8 Å². The van der Waals surface area contributed by atoms with Crippen LogP contribution in [-0.4, -0.2) is 29.8 Å². The van der Waals surface area contributed by atoms with Gasteiger partial charge in [0, 0.05) is 18.8 Å². The summed E-state index contributed by atoms with van der Waals surface area (Å²) >= 11 is 0. The molecule has 0 atom stereocenters. The summed E-state index contributed by atoms with van der Waals surface area (Å²) in [7, 11) is 0. The lowest BCUT2D eigenvalue weighted by molar-refractivity contribution is -0.142. The number of carbonyl (C=O) groups excluding carboxylic acids is 2. The van der Waals surface area contributed by atoms with Gasteiger partial charge < -0.3 is 10.2 Å². The summed E-state index contributed by atoms with van der Waals surface area (Å²) in [5.41, 5.74) is -1.59. The predicted molar refractivity (Wildman–Crippen MR) is 79.7 cm³/mol. The molecule has 7 heteroatoms. The van der Waals surface area contributed by atoms with Crippen LogP contribution in [0.2, 0.25) is 0 Å². The summed E-state index contributed by atoms with van der Waals surface area (Å²) in [6.07, 6.45) is -3.48. The third kappa shape index (κ3) is 3.48. The molecule has 1 saturated carbocycles. The first-order valence-electron chi connectivity index (χ1n) is 7.52. The zero-order valence-electron chi connectivity index (χ0n) is 13.0. The molecule has 1 aliphatic carbocycles. The first-order chi connectivity index (χ1) is 10.7. The van der Waals surface area contributed by atoms with Crippen molar-refractivity contribution >= 4 is 17.5 Å². The highest BCUT2D eigenvalue weighted by molar-refractivity contribution is 6.13. The molecule has 2 amide bonds. The third-order valence-corrected chi connectivity index (χ3v) is 4.11. The first kappa shape index (κ1) is 17.3. The monoisotopic (exact) mass is 328 g/mol. The van der Waals surface area contributed by atoms with Gasteiger partial charge in [0.25, 0.3) is 0 Å². The van der Waals surface area contributed by atoms with Crippen molar-refractivity contribution in [2.45, 2.75) is 32.9 Å². The van der Waals surface area contributed by atoms with E-state index in [0.717, 1.165) is 12.1 Å². The molecule has 2 rings (SSSR count). The highest BCUT2D eigenvalue weighted by Gasteiger charge is 2.57. The first-order valence-corrected chi connectivity index (χ1v) is 7.52. The van der Waals surface area contributed by atoms with Crippen LogP contribution in [0, 0.1) is 5.41 Å². The third-order valence-electron chi connectivity index (χ3n) is 4.11. The molecule has 0 heterocycles. The fourth-order valence-corrected chi connectivity index (χ4v) is 2.47. The summed E-state index contributed by atoms with van der Waals surface area (Å²) in [6, 6.07) is 4.19. The van der Waals surface area contributed by atoms with Crippen molar-refractivity contribution in [2.75, 3.05) is 18.4 Å². The van der Waals surface area contributed by atoms with E-state index in [-0.39, 0.29) is 11.6 Å². The summed E-state index contributed by atoms with van der Waals surface area (Å²) in [5, 5.41) is 2.55. The van der Waals surface area contributed by atoms with Crippen molar-refractivity contribution in [2.24, 2.45) is 5.41 Å². The maximum Gasteiger partial charge on any atom is 0.416 e. The largest absolute Gasteiger partial charge is 0.416 e. The molecule has 1 fully saturated rings. The lowest BCUT2D eigenvalue weighted by Crippen LogP contribution is -2.42. The standard InChI is InChI=1S/C16H19F3N2O2/c1-3-21(4-2)14(23)15(9-10-15)13(22)20-12-7-5-11(6-8-12)16(17,18)19/h5-8H,3-4,9-10H2,1-2H3,(H,20,22). The average molecular weight is 328 g/mol. The second-order valence-corrected chi connectivity index (χ2v) is 5.59. The van der Waals surface area contributed by atoms with E-state index in [2.05, 4.69) is 5.32 Å². The van der Waals surface area contributed by atoms with E-state index in [4.69, 9.17) is 0 Å². The van der Waals surface area contributed by atoms with Crippen molar-refractivity contribution < 1.29 is 22.8 Å². The average Bonchev–Trinajstić information content (AvgIpc) is 3.29. The molecule has 126 valence electrons. The molecule has 0 unspecified atom stereocenters. The van der Waals surface area contributed by atoms with Crippen LogP contribution in [0.5, 0.6) is 0 Å². The lowest BCUT2D eigenvalue weighted by atomic mass is 10.0. The Morgan fingerprint density at radius 3 is 2.04 bits per heavy atom. The van der Waals surface area contributed by atoms with Crippen LogP contribution in [0.15, 0.2) is 24.3 Å². The Hall–Kier alpha value is -2.05. The molecule has 0 bridgehead atoms. The van der Waals surface area contributed by atoms with E-state index in [1.54, 1.807) is 4.90 Å². The fourth-order valence-electron chi connectivity index (χ4n) is 2.47. The predicted octanol–water partition coefficient (Wildman–Crippen LogP) is 3.29. The number of nitrogens with zero attached hydrogens (tertiary/aromatic N) is 1. The number of hydrogen-bond acceptors (Lipinski definition) is 2. The van der Waals surface area contributed by atoms with E-state index in [0.29, 0.717) is 25.9 Å². The molecule has 0 aliphatic heterocycles. The van der Waals surface area contributed by atoms with Crippen LogP contribution in [0.3, 0.4) is 0 Å². The second-order valence-electron chi connectivity index (χ2n) is 5.59. The Bertz CT molecular complexity index is 588. The van der Waals surface area contributed by atoms with E-state index < -0.39 is 23.1 Å². The van der Waals surface area contributed by atoms with Crippen LogP contribution >= 0.6 is 0 Å². The van der Waals surface area contributed by atoms with Gasteiger partial charge in [-0.2, -0.15) is 13.2 Å². The summed E-state index contributed by atoms with van der Waals surface area (Å²) in [4.78, 5) is 26.4. The van der Waals surface area contributed by atoms with Gasteiger partial charge in [0.15, 0.2) is 0 Å². The molecular weight excluding hydrogens is 309 g/mol. The molecule has 0 aromatic heterocycles. The smallest absolute Gasteiger partial charge is 0.342 e. The van der Waals surface area contributed by atoms with Gasteiger partial charge in [-0.25, -0.2) is 0 Å². The SMILES string of the molecule is CCN(CC)C(=O)C1(C(=O)Nc2ccc(C(F)(F)F)cc2)CC1. The highest BCUT2D eigenvalue weighted by Crippen LogP contribution is 2.48. The Kier molecular flexibility index (Phi) is 4.68. The number of anilines is 1. The van der Waals surface area contributed by atoms with Gasteiger partial charge in [-0.3, -0.25) is 9.59 Å². The summed E-state index contributed by atoms with van der Waals surface area (Å²) in [6.45, 7) is 4.71. The fraction of sp³-hybridized carbons (Fsp3) is 0.500. The number of nitrogens with one attached hydrogen (secondary N) is 1. The number of alkyl halides is 3. The minimum absolute atomic E-state index is 0.216. The molecule has 0 spiro atoms. The van der Waals surface area contributed by atoms with Crippen molar-refractivity contribution in [3.8, 4) is 0 Å². The summed E-state index contributed by atoms with van der Waals surface area (Å²) < 4.78 is 37.5. The van der Waals surface area contributed by atoms with Gasteiger partial charge >= 0.3 is 6.18 Å². The second kappa shape index (κ2) is 6.22. The summed E-state index contributed by atoms with van der Waals surface area (Å²) in [5.74, 6) is -0.666. The minimum atomic E-state index is -4.42. The normalized spacial score (nSPS) is 15.9. The minimum Gasteiger partial charge on any atom is -0.342 e. The topological polar surface area (TPSA) is 49.4 Å². The lowest BCUT2D eigenvalue weighted by Gasteiger charge is -2.24. The van der Waals surface area contributed by atoms with Gasteiger partial charge in [0.1, 0.15) is 5.41 Å². The van der Waals surface area contributed by atoms with Gasteiger partial charge in [-0.05, 0) is 51.0 Å². The van der Waals surface area contributed by atoms with Gasteiger partial charge in [0.05, 0.1) is 5.56 Å². The number of benzene rings is 1. The van der Waals surface area contributed by atoms with Crippen molar-refractivity contribution in [3.05, 3.63) is 29.8 Å². The molecule has 1 N–H and O–H groups in total. The van der Waals surface area contributed by atoms with Crippen molar-refractivity contribution in [1.82, 2.24) is 4.90 Å². The van der Waals surface area contributed by atoms with Crippen molar-refractivity contribution in [1.29, 1.82) is 0 Å². The number of carbonyl (C=O) groups is 2. The van der Waals surface area contributed by atoms with Crippen LogP contribution in [0.4, 0.5) is 18.9 Å². The van der Waals surface area contributed by atoms with Crippen LogP contribution in [0.25, 0.3) is 0 Å². The Morgan fingerprint density at radius 1 is 1.13 bits per heavy atom. The Labute approximate surface area is 132 Å². The van der Waals surface area contributed by atoms with Gasteiger partial charge in [-0.1, -0.05) is 0 Å². The molecule has 4 nitrogen and oxygen atoms in total. The zero-order chi connectivity index (χ0) is 17.3. The van der Waals surface area contributed by atoms with Crippen LogP contribution in [0.1, 0.15) is 32.3 Å². The zero-order valence-corrected chi connectivity index (χ0v) is 13.0. The van der Waals surface area contributed by atoms with E-state index >= 15 is 0 Å². The number of rotatable bonds is 5. The maximum absolute atomic E-state index is 12.5. The van der Waals surface area contributed by atoms with E-state index in [9.17, 15) is 22.8 Å². The highest BCUT2D eigenvalue weighted by atomic mass is 19.4. The molecule has 0 radical (unpaired) electrons. The maximum atomic E-state index is 12.5. The van der Waals surface area contributed by atoms with Crippen LogP contribution in [-0.2, 0) is 15.8 Å². The number of hydrogen-bond donors (Lipinski definition) is 1. The molecule has 23 heavy (non-hydrogen) atoms. The molecule has 1 aromatic carbocycles. The quantitative estimate of drug-likeness (QED) is 0.843. The molecular formula is C16H19F3N2O2. The van der Waals surface area contributed by atoms with Gasteiger partial charge in [-0.15, -0.1) is 0 Å². The van der Waals surface area contributed by atoms with E-state index in [1.807, 2.05) is 13.8 Å². The molecule has 0 saturated heterocycles. The van der Waals surface area contributed by atoms with E-state index in [1.165, 1.54) is 12.1 Å². The molecule has 1 aliphatic rings. The number of amides is 2. The van der Waals surface area contributed by atoms with Crippen molar-refractivity contribution in [3.63, 3.8) is 0 Å².